The van der Waals surface area contributed by atoms with Gasteiger partial charge in [-0.15, -0.1) is 0 Å². The summed E-state index contributed by atoms with van der Waals surface area (Å²) < 4.78 is 2.91. The topological polar surface area (TPSA) is 119 Å². The minimum atomic E-state index is -0.584. The quantitative estimate of drug-likeness (QED) is 0.506. The van der Waals surface area contributed by atoms with Gasteiger partial charge in [0.25, 0.3) is 5.91 Å². The van der Waals surface area contributed by atoms with Crippen LogP contribution in [0.15, 0.2) is 17.1 Å². The molecule has 4 N–H and O–H groups in total. The molecule has 0 atom stereocenters. The molecule has 1 fully saturated rings. The van der Waals surface area contributed by atoms with Crippen LogP contribution in [0.1, 0.15) is 49.5 Å². The molecule has 0 saturated heterocycles. The molecule has 4 rings (SSSR count). The second-order valence-electron chi connectivity index (χ2n) is 8.69. The SMILES string of the molecule is Cc1cn[nH]c1-c1cc2n([nH]1)c(=O)c(C(=O)NC1CC1)c(O)[n+]2CC(C)(C)C. The number of aromatic amines is 2. The van der Waals surface area contributed by atoms with Gasteiger partial charge in [-0.3, -0.25) is 9.89 Å². The summed E-state index contributed by atoms with van der Waals surface area (Å²) in [7, 11) is 0. The summed E-state index contributed by atoms with van der Waals surface area (Å²) in [4.78, 5) is 25.7. The lowest BCUT2D eigenvalue weighted by Crippen LogP contribution is -2.47. The number of fused-ring (bicyclic) bond motifs is 1. The number of nitrogens with zero attached hydrogens (tertiary/aromatic N) is 3. The van der Waals surface area contributed by atoms with Gasteiger partial charge in [-0.25, -0.2) is 9.89 Å². The van der Waals surface area contributed by atoms with Crippen LogP contribution in [-0.4, -0.2) is 36.9 Å². The minimum Gasteiger partial charge on any atom is -0.477 e. The van der Waals surface area contributed by atoms with Crippen LogP contribution in [0.2, 0.25) is 0 Å². The maximum absolute atomic E-state index is 13.1. The molecule has 3 aromatic heterocycles. The number of amides is 1. The Morgan fingerprint density at radius 1 is 1.43 bits per heavy atom. The fourth-order valence-corrected chi connectivity index (χ4v) is 3.27. The van der Waals surface area contributed by atoms with Crippen molar-refractivity contribution in [1.29, 1.82) is 0 Å². The summed E-state index contributed by atoms with van der Waals surface area (Å²) in [6, 6.07) is 1.85. The molecule has 28 heavy (non-hydrogen) atoms. The molecule has 3 aromatic rings. The van der Waals surface area contributed by atoms with Gasteiger partial charge in [-0.2, -0.15) is 9.67 Å². The molecule has 1 amide bonds. The van der Waals surface area contributed by atoms with Crippen molar-refractivity contribution in [2.45, 2.75) is 53.1 Å². The minimum absolute atomic E-state index is 0.0786. The number of carbonyl (C=O) groups excluding carboxylic acids is 1. The van der Waals surface area contributed by atoms with Crippen molar-refractivity contribution in [2.75, 3.05) is 0 Å². The van der Waals surface area contributed by atoms with Crippen molar-refractivity contribution in [3.8, 4) is 17.3 Å². The first kappa shape index (κ1) is 18.3. The average molecular weight is 385 g/mol. The Balaban J connectivity index is 1.96. The highest BCUT2D eigenvalue weighted by Gasteiger charge is 2.35. The Labute approximate surface area is 161 Å². The van der Waals surface area contributed by atoms with Gasteiger partial charge in [-0.1, -0.05) is 25.3 Å². The molecular weight excluding hydrogens is 360 g/mol. The van der Waals surface area contributed by atoms with E-state index in [1.807, 2.05) is 27.7 Å². The van der Waals surface area contributed by atoms with Crippen molar-refractivity contribution in [1.82, 2.24) is 25.1 Å². The fraction of sp³-hybridized carbons (Fsp3) is 0.474. The Kier molecular flexibility index (Phi) is 4.06. The van der Waals surface area contributed by atoms with Crippen molar-refractivity contribution in [2.24, 2.45) is 5.41 Å². The normalized spacial score (nSPS) is 14.6. The molecule has 0 aliphatic heterocycles. The lowest BCUT2D eigenvalue weighted by molar-refractivity contribution is -0.692. The maximum Gasteiger partial charge on any atom is 0.378 e. The molecule has 0 spiro atoms. The molecule has 0 aromatic carbocycles. The van der Waals surface area contributed by atoms with Crippen LogP contribution in [0, 0.1) is 12.3 Å². The van der Waals surface area contributed by atoms with Gasteiger partial charge in [0, 0.05) is 6.04 Å². The summed E-state index contributed by atoms with van der Waals surface area (Å²) >= 11 is 0. The third kappa shape index (κ3) is 3.17. The molecule has 0 bridgehead atoms. The number of carbonyl (C=O) groups is 1. The highest BCUT2D eigenvalue weighted by Crippen LogP contribution is 2.23. The Morgan fingerprint density at radius 2 is 2.14 bits per heavy atom. The average Bonchev–Trinajstić information content (AvgIpc) is 3.12. The molecule has 9 nitrogen and oxygen atoms in total. The number of nitrogens with one attached hydrogen (secondary N) is 3. The number of hydrogen-bond acceptors (Lipinski definition) is 4. The van der Waals surface area contributed by atoms with E-state index in [4.69, 9.17) is 0 Å². The summed E-state index contributed by atoms with van der Waals surface area (Å²) in [5.74, 6) is -0.860. The van der Waals surface area contributed by atoms with E-state index >= 15 is 0 Å². The van der Waals surface area contributed by atoms with Crippen LogP contribution in [0.5, 0.6) is 5.88 Å². The van der Waals surface area contributed by atoms with E-state index in [1.165, 1.54) is 4.52 Å². The number of hydrogen-bond donors (Lipinski definition) is 4. The Morgan fingerprint density at radius 3 is 2.71 bits per heavy atom. The second kappa shape index (κ2) is 6.22. The van der Waals surface area contributed by atoms with Gasteiger partial charge < -0.3 is 10.4 Å². The predicted octanol–water partition coefficient (Wildman–Crippen LogP) is 1.26. The Hall–Kier alpha value is -3.10. The summed E-state index contributed by atoms with van der Waals surface area (Å²) in [6.07, 6.45) is 3.48. The molecule has 0 unspecified atom stereocenters. The van der Waals surface area contributed by atoms with E-state index in [2.05, 4.69) is 20.6 Å². The van der Waals surface area contributed by atoms with E-state index in [1.54, 1.807) is 16.8 Å². The lowest BCUT2D eigenvalue weighted by atomic mass is 9.96. The van der Waals surface area contributed by atoms with Crippen LogP contribution in [0.4, 0.5) is 0 Å². The standard InChI is InChI=1S/C19H24N6O3/c1-10-8-20-22-15(10)12-7-13-24(9-19(2,3)4)17(27)14(18(28)25(13)23-12)16(26)21-11-5-6-11/h7-8,11H,5-6,9H2,1-4H3,(H3,20,21,22,23,26,27,28)/p+1. The van der Waals surface area contributed by atoms with Gasteiger partial charge >= 0.3 is 17.1 Å². The van der Waals surface area contributed by atoms with Crippen molar-refractivity contribution < 1.29 is 14.5 Å². The number of aromatic hydroxyl groups is 1. The highest BCUT2D eigenvalue weighted by atomic mass is 16.3. The highest BCUT2D eigenvalue weighted by molar-refractivity contribution is 5.96. The number of aryl methyl sites for hydroxylation is 1. The van der Waals surface area contributed by atoms with Crippen LogP contribution in [0.25, 0.3) is 17.0 Å². The van der Waals surface area contributed by atoms with Crippen molar-refractivity contribution >= 4 is 11.6 Å². The van der Waals surface area contributed by atoms with E-state index < -0.39 is 11.5 Å². The van der Waals surface area contributed by atoms with Gasteiger partial charge in [0.1, 0.15) is 5.69 Å². The zero-order valence-corrected chi connectivity index (χ0v) is 16.5. The molecule has 0 radical (unpaired) electrons. The Bertz CT molecular complexity index is 1130. The van der Waals surface area contributed by atoms with Gasteiger partial charge in [0.15, 0.2) is 0 Å². The number of rotatable bonds is 4. The number of H-pyrrole nitrogens is 2. The van der Waals surface area contributed by atoms with E-state index in [-0.39, 0.29) is 22.9 Å². The summed E-state index contributed by atoms with van der Waals surface area (Å²) in [6.45, 7) is 8.40. The van der Waals surface area contributed by atoms with E-state index in [0.29, 0.717) is 17.9 Å². The van der Waals surface area contributed by atoms with E-state index in [9.17, 15) is 14.7 Å². The second-order valence-corrected chi connectivity index (χ2v) is 8.69. The van der Waals surface area contributed by atoms with Crippen LogP contribution >= 0.6 is 0 Å². The molecular formula is C19H25N6O3+. The lowest BCUT2D eigenvalue weighted by Gasteiger charge is -2.17. The van der Waals surface area contributed by atoms with Crippen LogP contribution in [-0.2, 0) is 6.54 Å². The molecule has 1 aliphatic rings. The molecule has 9 heteroatoms. The van der Waals surface area contributed by atoms with Gasteiger partial charge in [0.05, 0.1) is 24.5 Å². The maximum atomic E-state index is 13.1. The molecule has 3 heterocycles. The zero-order chi connectivity index (χ0) is 20.2. The van der Waals surface area contributed by atoms with Crippen LogP contribution in [0.3, 0.4) is 0 Å². The van der Waals surface area contributed by atoms with Gasteiger partial charge in [-0.05, 0) is 30.7 Å². The first-order chi connectivity index (χ1) is 13.2. The first-order valence-electron chi connectivity index (χ1n) is 9.37. The fourth-order valence-electron chi connectivity index (χ4n) is 3.27. The van der Waals surface area contributed by atoms with Crippen molar-refractivity contribution in [3.05, 3.63) is 33.7 Å². The van der Waals surface area contributed by atoms with Crippen LogP contribution < -0.4 is 15.4 Å². The van der Waals surface area contributed by atoms with E-state index in [0.717, 1.165) is 24.1 Å². The largest absolute Gasteiger partial charge is 0.477 e. The summed E-state index contributed by atoms with van der Waals surface area (Å²) in [5, 5.41) is 23.7. The number of aromatic nitrogens is 5. The summed E-state index contributed by atoms with van der Waals surface area (Å²) in [5.41, 5.74) is 1.76. The molecule has 1 aliphatic carbocycles. The zero-order valence-electron chi connectivity index (χ0n) is 16.5. The third-order valence-corrected chi connectivity index (χ3v) is 4.78. The smallest absolute Gasteiger partial charge is 0.378 e. The molecule has 148 valence electrons. The van der Waals surface area contributed by atoms with Gasteiger partial charge in [0.2, 0.25) is 5.56 Å². The molecule has 1 saturated carbocycles. The first-order valence-corrected chi connectivity index (χ1v) is 9.37. The monoisotopic (exact) mass is 385 g/mol. The third-order valence-electron chi connectivity index (χ3n) is 4.78. The van der Waals surface area contributed by atoms with Crippen molar-refractivity contribution in [3.63, 3.8) is 0 Å². The predicted molar refractivity (Wildman–Crippen MR) is 102 cm³/mol.